The highest BCUT2D eigenvalue weighted by molar-refractivity contribution is 5.60. The molecule has 0 spiro atoms. The number of rotatable bonds is 2. The van der Waals surface area contributed by atoms with E-state index in [1.54, 1.807) is 0 Å². The summed E-state index contributed by atoms with van der Waals surface area (Å²) >= 11 is 0. The molecule has 1 aromatic heterocycles. The predicted molar refractivity (Wildman–Crippen MR) is 35.3 cm³/mol. The lowest BCUT2D eigenvalue weighted by Gasteiger charge is -1.94. The Morgan fingerprint density at radius 2 is 2.56 bits per heavy atom. The summed E-state index contributed by atoms with van der Waals surface area (Å²) < 4.78 is 0. The molecule has 0 saturated heterocycles. The van der Waals surface area contributed by atoms with E-state index in [0.29, 0.717) is 0 Å². The second-order valence-corrected chi connectivity index (χ2v) is 2.07. The third-order valence-electron chi connectivity index (χ3n) is 1.35. The standard InChI is InChI=1S/C7H9NO/c1-6(5-9)7-2-3-8-4-7/h2-6,8H,1H3. The molecule has 0 aliphatic carbocycles. The Hall–Kier alpha value is -1.05. The van der Waals surface area contributed by atoms with Gasteiger partial charge in [0.05, 0.1) is 0 Å². The average Bonchev–Trinajstić information content (AvgIpc) is 2.37. The third kappa shape index (κ3) is 1.19. The van der Waals surface area contributed by atoms with Crippen LogP contribution in [0.15, 0.2) is 18.5 Å². The summed E-state index contributed by atoms with van der Waals surface area (Å²) in [6, 6.07) is 1.90. The van der Waals surface area contributed by atoms with Crippen LogP contribution in [-0.4, -0.2) is 11.3 Å². The molecule has 0 aliphatic heterocycles. The maximum Gasteiger partial charge on any atom is 0.127 e. The van der Waals surface area contributed by atoms with Gasteiger partial charge >= 0.3 is 0 Å². The second kappa shape index (κ2) is 2.49. The van der Waals surface area contributed by atoms with Crippen molar-refractivity contribution in [3.8, 4) is 0 Å². The molecule has 1 N–H and O–H groups in total. The quantitative estimate of drug-likeness (QED) is 0.591. The number of hydrogen-bond acceptors (Lipinski definition) is 1. The van der Waals surface area contributed by atoms with E-state index < -0.39 is 0 Å². The van der Waals surface area contributed by atoms with Crippen molar-refractivity contribution in [2.24, 2.45) is 0 Å². The number of H-pyrrole nitrogens is 1. The van der Waals surface area contributed by atoms with Crippen molar-refractivity contribution in [3.05, 3.63) is 24.0 Å². The van der Waals surface area contributed by atoms with E-state index in [2.05, 4.69) is 4.98 Å². The molecule has 0 aliphatic rings. The van der Waals surface area contributed by atoms with Crippen molar-refractivity contribution in [2.45, 2.75) is 12.8 Å². The maximum atomic E-state index is 10.2. The molecule has 0 aromatic carbocycles. The zero-order chi connectivity index (χ0) is 6.69. The Kier molecular flexibility index (Phi) is 1.68. The van der Waals surface area contributed by atoms with Gasteiger partial charge in [0.2, 0.25) is 0 Å². The third-order valence-corrected chi connectivity index (χ3v) is 1.35. The van der Waals surface area contributed by atoms with Gasteiger partial charge in [0.15, 0.2) is 0 Å². The van der Waals surface area contributed by atoms with E-state index in [1.807, 2.05) is 25.4 Å². The monoisotopic (exact) mass is 123 g/mol. The SMILES string of the molecule is CC(C=O)c1cc[nH]c1. The molecule has 48 valence electrons. The van der Waals surface area contributed by atoms with Crippen LogP contribution in [0.1, 0.15) is 18.4 Å². The van der Waals surface area contributed by atoms with Crippen LogP contribution in [0.4, 0.5) is 0 Å². The van der Waals surface area contributed by atoms with Gasteiger partial charge in [-0.1, -0.05) is 6.92 Å². The Balaban J connectivity index is 2.76. The van der Waals surface area contributed by atoms with Crippen LogP contribution in [0, 0.1) is 0 Å². The lowest BCUT2D eigenvalue weighted by atomic mass is 10.1. The Morgan fingerprint density at radius 1 is 1.78 bits per heavy atom. The molecule has 1 atom stereocenters. The van der Waals surface area contributed by atoms with Gasteiger partial charge in [0.1, 0.15) is 6.29 Å². The van der Waals surface area contributed by atoms with Gasteiger partial charge in [-0.05, 0) is 11.6 Å². The summed E-state index contributed by atoms with van der Waals surface area (Å²) in [5.41, 5.74) is 1.05. The molecule has 2 heteroatoms. The van der Waals surface area contributed by atoms with Crippen LogP contribution in [0.2, 0.25) is 0 Å². The lowest BCUT2D eigenvalue weighted by molar-refractivity contribution is -0.108. The molecule has 1 unspecified atom stereocenters. The highest BCUT2D eigenvalue weighted by atomic mass is 16.1. The number of nitrogens with one attached hydrogen (secondary N) is 1. The molecule has 9 heavy (non-hydrogen) atoms. The summed E-state index contributed by atoms with van der Waals surface area (Å²) in [6.45, 7) is 1.87. The Labute approximate surface area is 53.9 Å². The number of aromatic amines is 1. The molecule has 2 nitrogen and oxygen atoms in total. The number of hydrogen-bond donors (Lipinski definition) is 1. The molecule has 0 fully saturated rings. The van der Waals surface area contributed by atoms with Gasteiger partial charge in [-0.2, -0.15) is 0 Å². The van der Waals surface area contributed by atoms with Gasteiger partial charge in [0, 0.05) is 18.3 Å². The fourth-order valence-corrected chi connectivity index (χ4v) is 0.699. The van der Waals surface area contributed by atoms with Crippen LogP contribution in [0.5, 0.6) is 0 Å². The van der Waals surface area contributed by atoms with Crippen molar-refractivity contribution in [2.75, 3.05) is 0 Å². The first-order chi connectivity index (χ1) is 4.34. The normalized spacial score (nSPS) is 13.0. The largest absolute Gasteiger partial charge is 0.367 e. The molecule has 1 heterocycles. The van der Waals surface area contributed by atoms with Gasteiger partial charge in [-0.25, -0.2) is 0 Å². The van der Waals surface area contributed by atoms with Gasteiger partial charge in [-0.3, -0.25) is 0 Å². The van der Waals surface area contributed by atoms with E-state index in [0.717, 1.165) is 11.8 Å². The van der Waals surface area contributed by atoms with Crippen LogP contribution in [0.25, 0.3) is 0 Å². The first-order valence-corrected chi connectivity index (χ1v) is 2.92. The summed E-state index contributed by atoms with van der Waals surface area (Å²) in [7, 11) is 0. The minimum absolute atomic E-state index is 0.0243. The predicted octanol–water partition coefficient (Wildman–Crippen LogP) is 1.32. The number of carbonyl (C=O) groups excluding carboxylic acids is 1. The van der Waals surface area contributed by atoms with Gasteiger partial charge in [-0.15, -0.1) is 0 Å². The summed E-state index contributed by atoms with van der Waals surface area (Å²) in [6.07, 6.45) is 4.58. The molecule has 1 aromatic rings. The van der Waals surface area contributed by atoms with Gasteiger partial charge < -0.3 is 9.78 Å². The molecule has 0 bridgehead atoms. The first kappa shape index (κ1) is 6.08. The number of aldehydes is 1. The van der Waals surface area contributed by atoms with Crippen molar-refractivity contribution >= 4 is 6.29 Å². The van der Waals surface area contributed by atoms with Crippen LogP contribution < -0.4 is 0 Å². The van der Waals surface area contributed by atoms with E-state index in [-0.39, 0.29) is 5.92 Å². The fourth-order valence-electron chi connectivity index (χ4n) is 0.699. The fraction of sp³-hybridized carbons (Fsp3) is 0.286. The molecular weight excluding hydrogens is 114 g/mol. The summed E-state index contributed by atoms with van der Waals surface area (Å²) in [5.74, 6) is 0.0243. The van der Waals surface area contributed by atoms with Crippen molar-refractivity contribution < 1.29 is 4.79 Å². The highest BCUT2D eigenvalue weighted by Crippen LogP contribution is 2.09. The smallest absolute Gasteiger partial charge is 0.127 e. The topological polar surface area (TPSA) is 32.9 Å². The minimum Gasteiger partial charge on any atom is -0.367 e. The van der Waals surface area contributed by atoms with Crippen molar-refractivity contribution in [1.82, 2.24) is 4.98 Å². The zero-order valence-electron chi connectivity index (χ0n) is 5.29. The molecule has 0 radical (unpaired) electrons. The zero-order valence-corrected chi connectivity index (χ0v) is 5.29. The second-order valence-electron chi connectivity index (χ2n) is 2.07. The van der Waals surface area contributed by atoms with E-state index in [4.69, 9.17) is 0 Å². The Bertz CT molecular complexity index is 179. The van der Waals surface area contributed by atoms with E-state index in [1.165, 1.54) is 0 Å². The summed E-state index contributed by atoms with van der Waals surface area (Å²) in [5, 5.41) is 0. The minimum atomic E-state index is 0.0243. The number of carbonyl (C=O) groups is 1. The Morgan fingerprint density at radius 3 is 3.00 bits per heavy atom. The molecule has 0 amide bonds. The maximum absolute atomic E-state index is 10.2. The van der Waals surface area contributed by atoms with E-state index >= 15 is 0 Å². The van der Waals surface area contributed by atoms with E-state index in [9.17, 15) is 4.79 Å². The molecule has 0 saturated carbocycles. The summed E-state index contributed by atoms with van der Waals surface area (Å²) in [4.78, 5) is 13.1. The first-order valence-electron chi connectivity index (χ1n) is 2.92. The van der Waals surface area contributed by atoms with Crippen LogP contribution in [0.3, 0.4) is 0 Å². The lowest BCUT2D eigenvalue weighted by Crippen LogP contribution is -1.90. The van der Waals surface area contributed by atoms with Crippen LogP contribution in [-0.2, 0) is 4.79 Å². The van der Waals surface area contributed by atoms with Crippen molar-refractivity contribution in [3.63, 3.8) is 0 Å². The van der Waals surface area contributed by atoms with Crippen molar-refractivity contribution in [1.29, 1.82) is 0 Å². The highest BCUT2D eigenvalue weighted by Gasteiger charge is 2.00. The molecular formula is C7H9NO. The molecule has 1 rings (SSSR count). The van der Waals surface area contributed by atoms with Gasteiger partial charge in [0.25, 0.3) is 0 Å². The average molecular weight is 123 g/mol. The number of aromatic nitrogens is 1. The van der Waals surface area contributed by atoms with Crippen LogP contribution >= 0.6 is 0 Å².